The summed E-state index contributed by atoms with van der Waals surface area (Å²) >= 11 is 7.90. The highest BCUT2D eigenvalue weighted by Crippen LogP contribution is 2.37. The van der Waals surface area contributed by atoms with Crippen LogP contribution in [0.5, 0.6) is 0 Å². The highest BCUT2D eigenvalue weighted by molar-refractivity contribution is 7.12. The van der Waals surface area contributed by atoms with Crippen LogP contribution < -0.4 is 0 Å². The molecule has 1 atom stereocenters. The van der Waals surface area contributed by atoms with E-state index in [9.17, 15) is 4.79 Å². The fraction of sp³-hybridized carbons (Fsp3) is 0.294. The smallest absolute Gasteiger partial charge is 0.255 e. The van der Waals surface area contributed by atoms with Gasteiger partial charge in [0.15, 0.2) is 0 Å². The molecular formula is C17H15ClN2OS. The molecule has 0 spiro atoms. The minimum absolute atomic E-state index is 0.0874. The second kappa shape index (κ2) is 6.12. The lowest BCUT2D eigenvalue weighted by atomic mass is 10.1. The standard InChI is InChI=1S/C17H15ClN2OS/c1-11-4-7-16(22-11)15-3-2-8-20(15)17(21)13-9-12(10-19)5-6-14(13)18/h4-7,9,15H,2-3,8H2,1H3. The second-order valence-corrected chi connectivity index (χ2v) is 7.14. The molecule has 1 saturated heterocycles. The topological polar surface area (TPSA) is 44.1 Å². The van der Waals surface area contributed by atoms with Crippen LogP contribution in [0.3, 0.4) is 0 Å². The van der Waals surface area contributed by atoms with Crippen molar-refractivity contribution in [3.8, 4) is 6.07 Å². The molecule has 0 bridgehead atoms. The molecule has 0 aliphatic carbocycles. The molecule has 1 aromatic heterocycles. The number of likely N-dealkylation sites (tertiary alicyclic amines) is 1. The van der Waals surface area contributed by atoms with Crippen molar-refractivity contribution in [1.29, 1.82) is 5.26 Å². The van der Waals surface area contributed by atoms with Crippen LogP contribution in [0.2, 0.25) is 5.02 Å². The first-order chi connectivity index (χ1) is 10.6. The van der Waals surface area contributed by atoms with Crippen LogP contribution in [0.4, 0.5) is 0 Å². The number of rotatable bonds is 2. The van der Waals surface area contributed by atoms with Gasteiger partial charge in [-0.2, -0.15) is 5.26 Å². The first kappa shape index (κ1) is 15.1. The average molecular weight is 331 g/mol. The minimum Gasteiger partial charge on any atom is -0.331 e. The van der Waals surface area contributed by atoms with Crippen LogP contribution >= 0.6 is 22.9 Å². The lowest BCUT2D eigenvalue weighted by Crippen LogP contribution is -2.30. The SMILES string of the molecule is Cc1ccc(C2CCCN2C(=O)c2cc(C#N)ccc2Cl)s1. The van der Waals surface area contributed by atoms with Crippen molar-refractivity contribution < 1.29 is 4.79 Å². The highest BCUT2D eigenvalue weighted by atomic mass is 35.5. The molecule has 22 heavy (non-hydrogen) atoms. The number of carbonyl (C=O) groups is 1. The third-order valence-electron chi connectivity index (χ3n) is 3.93. The van der Waals surface area contributed by atoms with Crippen molar-refractivity contribution in [3.63, 3.8) is 0 Å². The zero-order valence-electron chi connectivity index (χ0n) is 12.2. The Morgan fingerprint density at radius 2 is 2.23 bits per heavy atom. The van der Waals surface area contributed by atoms with Gasteiger partial charge in [0.2, 0.25) is 0 Å². The normalized spacial score (nSPS) is 17.5. The second-order valence-electron chi connectivity index (χ2n) is 5.41. The van der Waals surface area contributed by atoms with Gasteiger partial charge in [0, 0.05) is 16.3 Å². The molecule has 3 nitrogen and oxygen atoms in total. The van der Waals surface area contributed by atoms with E-state index < -0.39 is 0 Å². The minimum atomic E-state index is -0.0874. The monoisotopic (exact) mass is 330 g/mol. The zero-order valence-corrected chi connectivity index (χ0v) is 13.7. The maximum atomic E-state index is 12.9. The molecule has 1 unspecified atom stereocenters. The van der Waals surface area contributed by atoms with Gasteiger partial charge in [-0.25, -0.2) is 0 Å². The van der Waals surface area contributed by atoms with Crippen molar-refractivity contribution in [2.24, 2.45) is 0 Å². The number of aryl methyl sites for hydroxylation is 1. The van der Waals surface area contributed by atoms with Crippen LogP contribution in [0, 0.1) is 18.3 Å². The van der Waals surface area contributed by atoms with Crippen molar-refractivity contribution in [2.75, 3.05) is 6.54 Å². The Kier molecular flexibility index (Phi) is 4.19. The third kappa shape index (κ3) is 2.75. The number of hydrogen-bond acceptors (Lipinski definition) is 3. The molecule has 2 heterocycles. The van der Waals surface area contributed by atoms with Gasteiger partial charge in [0.1, 0.15) is 0 Å². The van der Waals surface area contributed by atoms with Crippen molar-refractivity contribution in [3.05, 3.63) is 56.2 Å². The molecule has 1 aliphatic heterocycles. The number of thiophene rings is 1. The molecule has 5 heteroatoms. The van der Waals surface area contributed by atoms with Gasteiger partial charge in [0.05, 0.1) is 28.3 Å². The quantitative estimate of drug-likeness (QED) is 0.810. The van der Waals surface area contributed by atoms with Crippen LogP contribution in [0.1, 0.15) is 44.6 Å². The summed E-state index contributed by atoms with van der Waals surface area (Å²) in [6.07, 6.45) is 1.96. The van der Waals surface area contributed by atoms with Crippen molar-refractivity contribution >= 4 is 28.8 Å². The van der Waals surface area contributed by atoms with Gasteiger partial charge >= 0.3 is 0 Å². The average Bonchev–Trinajstić information content (AvgIpc) is 3.15. The van der Waals surface area contributed by atoms with E-state index >= 15 is 0 Å². The summed E-state index contributed by atoms with van der Waals surface area (Å²) in [6.45, 7) is 2.80. The summed E-state index contributed by atoms with van der Waals surface area (Å²) in [5.74, 6) is -0.0874. The third-order valence-corrected chi connectivity index (χ3v) is 5.36. The van der Waals surface area contributed by atoms with E-state index in [2.05, 4.69) is 25.1 Å². The summed E-state index contributed by atoms with van der Waals surface area (Å²) in [5.41, 5.74) is 0.872. The number of halogens is 1. The molecular weight excluding hydrogens is 316 g/mol. The van der Waals surface area contributed by atoms with Gasteiger partial charge in [-0.1, -0.05) is 11.6 Å². The predicted molar refractivity (Wildman–Crippen MR) is 88.2 cm³/mol. The number of hydrogen-bond donors (Lipinski definition) is 0. The fourth-order valence-corrected chi connectivity index (χ4v) is 4.07. The van der Waals surface area contributed by atoms with Gasteiger partial charge in [0.25, 0.3) is 5.91 Å². The Labute approximate surface area is 138 Å². The number of benzene rings is 1. The summed E-state index contributed by atoms with van der Waals surface area (Å²) < 4.78 is 0. The lowest BCUT2D eigenvalue weighted by molar-refractivity contribution is 0.0738. The van der Waals surface area contributed by atoms with Crippen molar-refractivity contribution in [2.45, 2.75) is 25.8 Å². The summed E-state index contributed by atoms with van der Waals surface area (Å²) in [7, 11) is 0. The Balaban J connectivity index is 1.93. The van der Waals surface area contributed by atoms with Crippen molar-refractivity contribution in [1.82, 2.24) is 4.90 Å². The molecule has 1 aliphatic rings. The Bertz CT molecular complexity index is 762. The molecule has 1 amide bonds. The Hall–Kier alpha value is -1.83. The van der Waals surface area contributed by atoms with E-state index in [4.69, 9.17) is 16.9 Å². The molecule has 0 N–H and O–H groups in total. The van der Waals surface area contributed by atoms with E-state index in [0.29, 0.717) is 16.1 Å². The van der Waals surface area contributed by atoms with E-state index in [1.165, 1.54) is 9.75 Å². The largest absolute Gasteiger partial charge is 0.331 e. The summed E-state index contributed by atoms with van der Waals surface area (Å²) in [6, 6.07) is 11.2. The summed E-state index contributed by atoms with van der Waals surface area (Å²) in [4.78, 5) is 17.2. The number of nitriles is 1. The van der Waals surface area contributed by atoms with Crippen LogP contribution in [-0.2, 0) is 0 Å². The highest BCUT2D eigenvalue weighted by Gasteiger charge is 2.32. The van der Waals surface area contributed by atoms with Crippen LogP contribution in [-0.4, -0.2) is 17.4 Å². The molecule has 1 aromatic carbocycles. The predicted octanol–water partition coefficient (Wildman–Crippen LogP) is 4.56. The first-order valence-corrected chi connectivity index (χ1v) is 8.36. The zero-order chi connectivity index (χ0) is 15.7. The number of nitrogens with zero attached hydrogens (tertiary/aromatic N) is 2. The Morgan fingerprint density at radius 3 is 2.91 bits per heavy atom. The molecule has 0 saturated carbocycles. The van der Waals surface area contributed by atoms with E-state index in [0.717, 1.165) is 19.4 Å². The van der Waals surface area contributed by atoms with Crippen LogP contribution in [0.15, 0.2) is 30.3 Å². The molecule has 2 aromatic rings. The maximum Gasteiger partial charge on any atom is 0.255 e. The number of carbonyl (C=O) groups excluding carboxylic acids is 1. The lowest BCUT2D eigenvalue weighted by Gasteiger charge is -2.24. The van der Waals surface area contributed by atoms with Gasteiger partial charge in [-0.3, -0.25) is 4.79 Å². The number of amides is 1. The van der Waals surface area contributed by atoms with Gasteiger partial charge in [-0.05, 0) is 50.1 Å². The van der Waals surface area contributed by atoms with Crippen LogP contribution in [0.25, 0.3) is 0 Å². The van der Waals surface area contributed by atoms with Gasteiger partial charge < -0.3 is 4.90 Å². The molecule has 112 valence electrons. The van der Waals surface area contributed by atoms with E-state index in [1.54, 1.807) is 29.5 Å². The molecule has 1 fully saturated rings. The maximum absolute atomic E-state index is 12.9. The van der Waals surface area contributed by atoms with E-state index in [1.807, 2.05) is 4.90 Å². The first-order valence-electron chi connectivity index (χ1n) is 7.17. The Morgan fingerprint density at radius 1 is 1.41 bits per heavy atom. The van der Waals surface area contributed by atoms with E-state index in [-0.39, 0.29) is 11.9 Å². The summed E-state index contributed by atoms with van der Waals surface area (Å²) in [5, 5.41) is 9.42. The molecule has 0 radical (unpaired) electrons. The van der Waals surface area contributed by atoms with Gasteiger partial charge in [-0.15, -0.1) is 11.3 Å². The fourth-order valence-electron chi connectivity index (χ4n) is 2.85. The molecule has 3 rings (SSSR count).